The van der Waals surface area contributed by atoms with Crippen LogP contribution in [0.15, 0.2) is 0 Å². The summed E-state index contributed by atoms with van der Waals surface area (Å²) in [6, 6.07) is 0. The first-order chi connectivity index (χ1) is 6.67. The fourth-order valence-corrected chi connectivity index (χ4v) is 1.34. The minimum absolute atomic E-state index is 0.161. The van der Waals surface area contributed by atoms with Crippen LogP contribution in [0.25, 0.3) is 0 Å². The Morgan fingerprint density at radius 2 is 1.53 bits per heavy atom. The number of rotatable bonds is 6. The summed E-state index contributed by atoms with van der Waals surface area (Å²) in [7, 11) is 3.46. The first kappa shape index (κ1) is 14.8. The Bertz CT molecular complexity index is 163. The molecule has 3 atom stereocenters. The molecular weight excluding hydrogens is 203 g/mol. The highest BCUT2D eigenvalue weighted by molar-refractivity contribution is 4.87. The number of nitrogens with zero attached hydrogens (tertiary/aromatic N) is 1. The summed E-state index contributed by atoms with van der Waals surface area (Å²) in [5.41, 5.74) is -1.13. The third kappa shape index (κ3) is 4.87. The van der Waals surface area contributed by atoms with E-state index in [2.05, 4.69) is 0 Å². The van der Waals surface area contributed by atoms with Crippen molar-refractivity contribution < 1.29 is 13.2 Å². The van der Waals surface area contributed by atoms with E-state index in [0.717, 1.165) is 0 Å². The summed E-state index contributed by atoms with van der Waals surface area (Å²) in [6.45, 7) is 4.47. The number of hydrogen-bond donors (Lipinski definition) is 0. The molecule has 0 aromatic carbocycles. The zero-order chi connectivity index (χ0) is 12.2. The second-order valence-corrected chi connectivity index (χ2v) is 5.04. The van der Waals surface area contributed by atoms with Gasteiger partial charge in [-0.2, -0.15) is 0 Å². The van der Waals surface area contributed by atoms with Crippen molar-refractivity contribution in [2.24, 2.45) is 5.41 Å². The number of alkyl halides is 3. The lowest BCUT2D eigenvalue weighted by Crippen LogP contribution is -2.42. The molecule has 0 heterocycles. The van der Waals surface area contributed by atoms with Gasteiger partial charge in [-0.1, -0.05) is 13.8 Å². The van der Waals surface area contributed by atoms with Crippen LogP contribution in [-0.2, 0) is 0 Å². The molecule has 3 unspecified atom stereocenters. The third-order valence-corrected chi connectivity index (χ3v) is 2.67. The van der Waals surface area contributed by atoms with Crippen LogP contribution in [0.3, 0.4) is 0 Å². The molecule has 0 saturated heterocycles. The van der Waals surface area contributed by atoms with Crippen molar-refractivity contribution in [2.45, 2.75) is 45.7 Å². The normalized spacial score (nSPS) is 19.0. The summed E-state index contributed by atoms with van der Waals surface area (Å²) >= 11 is 0. The molecule has 0 spiro atoms. The van der Waals surface area contributed by atoms with Gasteiger partial charge in [-0.15, -0.1) is 0 Å². The second-order valence-electron chi connectivity index (χ2n) is 5.04. The van der Waals surface area contributed by atoms with E-state index >= 15 is 0 Å². The Hall–Kier alpha value is -0.250. The van der Waals surface area contributed by atoms with Crippen LogP contribution in [0.1, 0.15) is 27.2 Å². The summed E-state index contributed by atoms with van der Waals surface area (Å²) < 4.78 is 40.0. The van der Waals surface area contributed by atoms with Crippen LogP contribution in [0.4, 0.5) is 13.2 Å². The van der Waals surface area contributed by atoms with Crippen molar-refractivity contribution >= 4 is 0 Å². The van der Waals surface area contributed by atoms with Crippen molar-refractivity contribution in [3.63, 3.8) is 0 Å². The van der Waals surface area contributed by atoms with Gasteiger partial charge in [0, 0.05) is 18.4 Å². The van der Waals surface area contributed by atoms with Crippen LogP contribution < -0.4 is 0 Å². The summed E-state index contributed by atoms with van der Waals surface area (Å²) in [4.78, 5) is 1.66. The summed E-state index contributed by atoms with van der Waals surface area (Å²) in [6.07, 6.45) is -4.21. The maximum atomic E-state index is 13.7. The molecule has 0 aromatic heterocycles. The highest BCUT2D eigenvalue weighted by Crippen LogP contribution is 2.33. The monoisotopic (exact) mass is 225 g/mol. The zero-order valence-corrected chi connectivity index (χ0v) is 10.2. The molecule has 0 rings (SSSR count). The van der Waals surface area contributed by atoms with E-state index in [1.54, 1.807) is 19.0 Å². The maximum Gasteiger partial charge on any atom is 0.121 e. The van der Waals surface area contributed by atoms with Crippen LogP contribution >= 0.6 is 0 Å². The Morgan fingerprint density at radius 3 is 1.87 bits per heavy atom. The van der Waals surface area contributed by atoms with Gasteiger partial charge in [0.05, 0.1) is 0 Å². The predicted molar refractivity (Wildman–Crippen MR) is 57.3 cm³/mol. The fraction of sp³-hybridized carbons (Fsp3) is 1.00. The van der Waals surface area contributed by atoms with Crippen LogP contribution in [0.2, 0.25) is 0 Å². The van der Waals surface area contributed by atoms with Gasteiger partial charge in [0.15, 0.2) is 0 Å². The van der Waals surface area contributed by atoms with Crippen LogP contribution in [-0.4, -0.2) is 44.1 Å². The van der Waals surface area contributed by atoms with E-state index in [0.29, 0.717) is 0 Å². The first-order valence-electron chi connectivity index (χ1n) is 5.24. The van der Waals surface area contributed by atoms with Crippen molar-refractivity contribution in [3.8, 4) is 0 Å². The van der Waals surface area contributed by atoms with Gasteiger partial charge >= 0.3 is 0 Å². The minimum Gasteiger partial charge on any atom is -0.306 e. The molecule has 0 bridgehead atoms. The lowest BCUT2D eigenvalue weighted by Gasteiger charge is -2.33. The van der Waals surface area contributed by atoms with E-state index in [1.807, 2.05) is 0 Å². The maximum absolute atomic E-state index is 13.7. The Balaban J connectivity index is 4.36. The summed E-state index contributed by atoms with van der Waals surface area (Å²) in [5.74, 6) is 0. The molecule has 0 aliphatic rings. The van der Waals surface area contributed by atoms with Gasteiger partial charge in [-0.25, -0.2) is 13.2 Å². The van der Waals surface area contributed by atoms with Crippen molar-refractivity contribution in [1.29, 1.82) is 0 Å². The van der Waals surface area contributed by atoms with Gasteiger partial charge in [0.25, 0.3) is 0 Å². The average Bonchev–Trinajstić information content (AvgIpc) is 2.01. The van der Waals surface area contributed by atoms with Crippen molar-refractivity contribution in [2.75, 3.05) is 20.6 Å². The van der Waals surface area contributed by atoms with Crippen LogP contribution in [0, 0.1) is 5.41 Å². The highest BCUT2D eigenvalue weighted by Gasteiger charge is 2.39. The molecule has 92 valence electrons. The molecule has 0 radical (unpaired) electrons. The molecular formula is C11H22F3N. The van der Waals surface area contributed by atoms with Crippen molar-refractivity contribution in [3.05, 3.63) is 0 Å². The minimum atomic E-state index is -1.45. The second kappa shape index (κ2) is 5.73. The Kier molecular flexibility index (Phi) is 5.63. The van der Waals surface area contributed by atoms with Gasteiger partial charge in [0.1, 0.15) is 18.5 Å². The van der Waals surface area contributed by atoms with Crippen LogP contribution in [0.5, 0.6) is 0 Å². The van der Waals surface area contributed by atoms with E-state index in [1.165, 1.54) is 20.8 Å². The highest BCUT2D eigenvalue weighted by atomic mass is 19.2. The Morgan fingerprint density at radius 1 is 1.07 bits per heavy atom. The third-order valence-electron chi connectivity index (χ3n) is 2.67. The molecule has 0 amide bonds. The van der Waals surface area contributed by atoms with Gasteiger partial charge in [0.2, 0.25) is 0 Å². The van der Waals surface area contributed by atoms with E-state index in [9.17, 15) is 13.2 Å². The topological polar surface area (TPSA) is 3.24 Å². The van der Waals surface area contributed by atoms with E-state index in [-0.39, 0.29) is 13.0 Å². The predicted octanol–water partition coefficient (Wildman–Crippen LogP) is 3.00. The smallest absolute Gasteiger partial charge is 0.121 e. The van der Waals surface area contributed by atoms with Gasteiger partial charge in [-0.3, -0.25) is 0 Å². The summed E-state index contributed by atoms with van der Waals surface area (Å²) in [5, 5.41) is 0. The van der Waals surface area contributed by atoms with Gasteiger partial charge in [-0.05, 0) is 21.0 Å². The molecule has 1 nitrogen and oxygen atoms in total. The van der Waals surface area contributed by atoms with E-state index in [4.69, 9.17) is 0 Å². The van der Waals surface area contributed by atoms with E-state index < -0.39 is 23.9 Å². The quantitative estimate of drug-likeness (QED) is 0.671. The molecule has 0 saturated carbocycles. The number of hydrogen-bond acceptors (Lipinski definition) is 1. The lowest BCUT2D eigenvalue weighted by atomic mass is 9.80. The standard InChI is InChI=1S/C11H22F3N/c1-8(12)6-9(13)11(2,3)10(14)7-15(4)5/h8-10H,6-7H2,1-5H3. The number of halogens is 3. The molecule has 15 heavy (non-hydrogen) atoms. The molecule has 0 aromatic rings. The largest absolute Gasteiger partial charge is 0.306 e. The molecule has 0 fully saturated rings. The zero-order valence-electron chi connectivity index (χ0n) is 10.2. The lowest BCUT2D eigenvalue weighted by molar-refractivity contribution is 0.0180. The van der Waals surface area contributed by atoms with Crippen molar-refractivity contribution in [1.82, 2.24) is 4.90 Å². The Labute approximate surface area is 90.6 Å². The molecule has 0 N–H and O–H groups in total. The fourth-order valence-electron chi connectivity index (χ4n) is 1.34. The SMILES string of the molecule is CC(F)CC(F)C(C)(C)C(F)CN(C)C. The average molecular weight is 225 g/mol. The molecule has 0 aliphatic carbocycles. The van der Waals surface area contributed by atoms with Gasteiger partial charge < -0.3 is 4.90 Å². The molecule has 4 heteroatoms. The molecule has 0 aliphatic heterocycles. The first-order valence-corrected chi connectivity index (χ1v) is 5.24.